The summed E-state index contributed by atoms with van der Waals surface area (Å²) in [6.45, 7) is 6.36. The van der Waals surface area contributed by atoms with E-state index in [1.54, 1.807) is 0 Å². The van der Waals surface area contributed by atoms with Crippen LogP contribution >= 0.6 is 23.2 Å². The number of amides is 1. The van der Waals surface area contributed by atoms with Crippen LogP contribution in [0.5, 0.6) is 0 Å². The third-order valence-corrected chi connectivity index (χ3v) is 3.65. The second-order valence-electron chi connectivity index (χ2n) is 4.28. The van der Waals surface area contributed by atoms with Crippen molar-refractivity contribution in [1.82, 2.24) is 0 Å². The Morgan fingerprint density at radius 1 is 1.25 bits per heavy atom. The van der Waals surface area contributed by atoms with Crippen LogP contribution in [0.25, 0.3) is 0 Å². The molecule has 1 unspecified atom stereocenters. The average molecular weight is 318 g/mol. The monoisotopic (exact) mass is 317 g/mol. The van der Waals surface area contributed by atoms with Crippen molar-refractivity contribution < 1.29 is 9.53 Å². The van der Waals surface area contributed by atoms with E-state index in [4.69, 9.17) is 27.9 Å². The summed E-state index contributed by atoms with van der Waals surface area (Å²) in [7, 11) is 0. The van der Waals surface area contributed by atoms with Crippen molar-refractivity contribution in [2.24, 2.45) is 0 Å². The van der Waals surface area contributed by atoms with E-state index in [9.17, 15) is 4.79 Å². The van der Waals surface area contributed by atoms with Gasteiger partial charge in [-0.15, -0.1) is 11.6 Å². The van der Waals surface area contributed by atoms with Gasteiger partial charge in [0.05, 0.1) is 5.69 Å². The number of nitrogens with zero attached hydrogens (tertiary/aromatic N) is 1. The Labute approximate surface area is 130 Å². The van der Waals surface area contributed by atoms with Crippen molar-refractivity contribution in [1.29, 1.82) is 0 Å². The first kappa shape index (κ1) is 17.3. The molecule has 0 saturated carbocycles. The Kier molecular flexibility index (Phi) is 7.35. The fourth-order valence-corrected chi connectivity index (χ4v) is 2.60. The van der Waals surface area contributed by atoms with Gasteiger partial charge in [0.15, 0.2) is 0 Å². The quantitative estimate of drug-likeness (QED) is 0.433. The number of carbonyl (C=O) groups is 1. The van der Waals surface area contributed by atoms with Gasteiger partial charge in [-0.1, -0.05) is 43.6 Å². The van der Waals surface area contributed by atoms with Crippen molar-refractivity contribution in [3.8, 4) is 0 Å². The van der Waals surface area contributed by atoms with Gasteiger partial charge in [0.25, 0.3) is 0 Å². The molecule has 0 bridgehead atoms. The molecule has 0 aliphatic carbocycles. The molecule has 0 spiro atoms. The van der Waals surface area contributed by atoms with Crippen LogP contribution in [0.2, 0.25) is 0 Å². The SMILES string of the molecule is CCOC(Cl)N(C(=O)CCl)c1c(CC)cccc1CC. The Morgan fingerprint density at radius 3 is 2.20 bits per heavy atom. The van der Waals surface area contributed by atoms with Crippen molar-refractivity contribution in [3.63, 3.8) is 0 Å². The fraction of sp³-hybridized carbons (Fsp3) is 0.533. The summed E-state index contributed by atoms with van der Waals surface area (Å²) in [5.41, 5.74) is 2.11. The van der Waals surface area contributed by atoms with Crippen molar-refractivity contribution >= 4 is 34.8 Å². The number of halogens is 2. The first-order valence-electron chi connectivity index (χ1n) is 6.85. The Morgan fingerprint density at radius 2 is 1.80 bits per heavy atom. The van der Waals surface area contributed by atoms with Crippen LogP contribution in [-0.2, 0) is 22.4 Å². The van der Waals surface area contributed by atoms with Crippen molar-refractivity contribution in [2.75, 3.05) is 17.4 Å². The molecule has 1 aromatic carbocycles. The summed E-state index contributed by atoms with van der Waals surface area (Å²) in [6, 6.07) is 5.99. The van der Waals surface area contributed by atoms with E-state index in [0.29, 0.717) is 6.61 Å². The minimum Gasteiger partial charge on any atom is -0.345 e. The van der Waals surface area contributed by atoms with E-state index in [0.717, 1.165) is 29.7 Å². The lowest BCUT2D eigenvalue weighted by Gasteiger charge is -2.30. The highest BCUT2D eigenvalue weighted by atomic mass is 35.5. The van der Waals surface area contributed by atoms with Crippen LogP contribution in [0, 0.1) is 0 Å². The van der Waals surface area contributed by atoms with Crippen LogP contribution in [0.3, 0.4) is 0 Å². The van der Waals surface area contributed by atoms with Gasteiger partial charge in [0, 0.05) is 6.61 Å². The molecule has 0 fully saturated rings. The molecule has 0 aliphatic heterocycles. The summed E-state index contributed by atoms with van der Waals surface area (Å²) >= 11 is 12.0. The van der Waals surface area contributed by atoms with E-state index in [1.807, 2.05) is 39.0 Å². The zero-order valence-electron chi connectivity index (χ0n) is 12.2. The number of benzene rings is 1. The minimum absolute atomic E-state index is 0.127. The molecule has 0 N–H and O–H groups in total. The van der Waals surface area contributed by atoms with Gasteiger partial charge in [0.2, 0.25) is 11.6 Å². The second-order valence-corrected chi connectivity index (χ2v) is 4.92. The van der Waals surface area contributed by atoms with E-state index in [2.05, 4.69) is 0 Å². The lowest BCUT2D eigenvalue weighted by molar-refractivity contribution is -0.117. The van der Waals surface area contributed by atoms with E-state index < -0.39 is 5.69 Å². The van der Waals surface area contributed by atoms with Crippen LogP contribution in [0.15, 0.2) is 18.2 Å². The van der Waals surface area contributed by atoms with E-state index in [-0.39, 0.29) is 11.8 Å². The number of rotatable bonds is 7. The average Bonchev–Trinajstić information content (AvgIpc) is 2.47. The zero-order valence-corrected chi connectivity index (χ0v) is 13.7. The Bertz CT molecular complexity index is 429. The van der Waals surface area contributed by atoms with E-state index in [1.165, 1.54) is 4.90 Å². The molecule has 112 valence electrons. The largest absolute Gasteiger partial charge is 0.345 e. The minimum atomic E-state index is -0.843. The summed E-state index contributed by atoms with van der Waals surface area (Å²) in [6.07, 6.45) is 1.62. The molecule has 20 heavy (non-hydrogen) atoms. The van der Waals surface area contributed by atoms with Crippen LogP contribution in [-0.4, -0.2) is 24.1 Å². The maximum atomic E-state index is 12.2. The molecule has 0 aromatic heterocycles. The lowest BCUT2D eigenvalue weighted by atomic mass is 10.0. The number of alkyl halides is 2. The first-order chi connectivity index (χ1) is 9.60. The Hall–Kier alpha value is -0.770. The predicted octanol–water partition coefficient (Wildman–Crippen LogP) is 3.94. The maximum absolute atomic E-state index is 12.2. The number of para-hydroxylation sites is 1. The zero-order chi connectivity index (χ0) is 15.1. The summed E-state index contributed by atoms with van der Waals surface area (Å²) in [4.78, 5) is 13.7. The van der Waals surface area contributed by atoms with Gasteiger partial charge in [0.1, 0.15) is 5.88 Å². The first-order valence-corrected chi connectivity index (χ1v) is 7.82. The van der Waals surface area contributed by atoms with Crippen LogP contribution < -0.4 is 4.90 Å². The number of anilines is 1. The summed E-state index contributed by atoms with van der Waals surface area (Å²) in [5, 5.41) is 0. The smallest absolute Gasteiger partial charge is 0.245 e. The summed E-state index contributed by atoms with van der Waals surface area (Å²) in [5.74, 6) is -0.381. The maximum Gasteiger partial charge on any atom is 0.245 e. The van der Waals surface area contributed by atoms with Crippen molar-refractivity contribution in [2.45, 2.75) is 39.3 Å². The molecule has 1 amide bonds. The molecule has 1 aromatic rings. The third-order valence-electron chi connectivity index (χ3n) is 3.10. The number of hydrogen-bond donors (Lipinski definition) is 0. The number of carbonyl (C=O) groups excluding carboxylic acids is 1. The second kappa shape index (κ2) is 8.50. The normalized spacial score (nSPS) is 12.2. The number of hydrogen-bond acceptors (Lipinski definition) is 2. The van der Waals surface area contributed by atoms with Gasteiger partial charge in [-0.05, 0) is 30.9 Å². The highest BCUT2D eigenvalue weighted by Gasteiger charge is 2.27. The molecule has 1 atom stereocenters. The summed E-state index contributed by atoms with van der Waals surface area (Å²) < 4.78 is 5.39. The highest BCUT2D eigenvalue weighted by molar-refractivity contribution is 6.31. The molecular weight excluding hydrogens is 297 g/mol. The topological polar surface area (TPSA) is 29.5 Å². The van der Waals surface area contributed by atoms with Gasteiger partial charge < -0.3 is 4.74 Å². The fourth-order valence-electron chi connectivity index (χ4n) is 2.14. The Balaban J connectivity index is 3.35. The molecule has 1 rings (SSSR count). The van der Waals surface area contributed by atoms with Gasteiger partial charge >= 0.3 is 0 Å². The van der Waals surface area contributed by atoms with Crippen LogP contribution in [0.4, 0.5) is 5.69 Å². The van der Waals surface area contributed by atoms with Crippen molar-refractivity contribution in [3.05, 3.63) is 29.3 Å². The molecule has 0 heterocycles. The molecule has 0 saturated heterocycles. The molecule has 3 nitrogen and oxygen atoms in total. The lowest BCUT2D eigenvalue weighted by Crippen LogP contribution is -2.41. The molecule has 5 heteroatoms. The standard InChI is InChI=1S/C15H21Cl2NO2/c1-4-11-8-7-9-12(5-2)14(11)18(13(19)10-16)15(17)20-6-3/h7-9,15H,4-6,10H2,1-3H3. The van der Waals surface area contributed by atoms with E-state index >= 15 is 0 Å². The van der Waals surface area contributed by atoms with Gasteiger partial charge in [-0.3, -0.25) is 9.69 Å². The predicted molar refractivity (Wildman–Crippen MR) is 84.7 cm³/mol. The molecule has 0 aliphatic rings. The number of aryl methyl sites for hydroxylation is 2. The van der Waals surface area contributed by atoms with Gasteiger partial charge in [-0.2, -0.15) is 0 Å². The third kappa shape index (κ3) is 3.87. The molecule has 0 radical (unpaired) electrons. The van der Waals surface area contributed by atoms with Crippen LogP contribution in [0.1, 0.15) is 31.9 Å². The highest BCUT2D eigenvalue weighted by Crippen LogP contribution is 2.30. The number of ether oxygens (including phenoxy) is 1. The molecular formula is C15H21Cl2NO2. The van der Waals surface area contributed by atoms with Gasteiger partial charge in [-0.25, -0.2) is 0 Å².